The number of phenolic OH excluding ortho intramolecular Hbond substituents is 2. The van der Waals surface area contributed by atoms with Crippen molar-refractivity contribution < 1.29 is 20.1 Å². The number of halogens is 1. The molecule has 6 heteroatoms. The van der Waals surface area contributed by atoms with Crippen molar-refractivity contribution >= 4 is 12.4 Å². The highest BCUT2D eigenvalue weighted by Gasteiger charge is 2.08. The third-order valence-corrected chi connectivity index (χ3v) is 3.17. The minimum Gasteiger partial charge on any atom is -0.508 e. The lowest BCUT2D eigenvalue weighted by molar-refractivity contribution is 0.174. The van der Waals surface area contributed by atoms with Crippen molar-refractivity contribution in [3.05, 3.63) is 53.6 Å². The summed E-state index contributed by atoms with van der Waals surface area (Å²) in [6, 6.07) is 11.7. The first-order valence-electron chi connectivity index (χ1n) is 6.63. The van der Waals surface area contributed by atoms with Gasteiger partial charge in [0.15, 0.2) is 11.5 Å². The van der Waals surface area contributed by atoms with E-state index < -0.39 is 6.10 Å². The van der Waals surface area contributed by atoms with Crippen molar-refractivity contribution in [1.29, 1.82) is 0 Å². The highest BCUT2D eigenvalue weighted by atomic mass is 35.5. The van der Waals surface area contributed by atoms with Crippen LogP contribution in [0.1, 0.15) is 17.2 Å². The van der Waals surface area contributed by atoms with Gasteiger partial charge in [-0.15, -0.1) is 12.4 Å². The van der Waals surface area contributed by atoms with E-state index in [2.05, 4.69) is 5.32 Å². The van der Waals surface area contributed by atoms with Crippen LogP contribution in [-0.4, -0.2) is 29.0 Å². The second-order valence-corrected chi connectivity index (χ2v) is 4.75. The normalized spacial score (nSPS) is 11.5. The van der Waals surface area contributed by atoms with E-state index in [0.29, 0.717) is 24.4 Å². The van der Waals surface area contributed by atoms with Crippen LogP contribution in [0.3, 0.4) is 0 Å². The second-order valence-electron chi connectivity index (χ2n) is 4.75. The molecule has 0 radical (unpaired) electrons. The number of hydrogen-bond donors (Lipinski definition) is 4. The molecule has 0 bridgehead atoms. The van der Waals surface area contributed by atoms with Gasteiger partial charge in [-0.2, -0.15) is 0 Å². The number of hydrogen-bond acceptors (Lipinski definition) is 5. The van der Waals surface area contributed by atoms with Gasteiger partial charge in [0.2, 0.25) is 0 Å². The van der Waals surface area contributed by atoms with Gasteiger partial charge in [0.25, 0.3) is 0 Å². The molecule has 0 aliphatic heterocycles. The molecule has 5 nitrogen and oxygen atoms in total. The summed E-state index contributed by atoms with van der Waals surface area (Å²) in [7, 11) is 1.50. The van der Waals surface area contributed by atoms with Gasteiger partial charge in [0.05, 0.1) is 13.2 Å². The smallest absolute Gasteiger partial charge is 0.160 e. The van der Waals surface area contributed by atoms with Gasteiger partial charge in [-0.3, -0.25) is 0 Å². The van der Waals surface area contributed by atoms with E-state index in [-0.39, 0.29) is 23.9 Å². The Morgan fingerprint density at radius 3 is 2.55 bits per heavy atom. The molecular weight excluding hydrogens is 306 g/mol. The lowest BCUT2D eigenvalue weighted by Gasteiger charge is -2.13. The highest BCUT2D eigenvalue weighted by Crippen LogP contribution is 2.26. The van der Waals surface area contributed by atoms with Crippen LogP contribution in [0.25, 0.3) is 0 Å². The number of ether oxygens (including phenoxy) is 1. The van der Waals surface area contributed by atoms with E-state index in [9.17, 15) is 15.3 Å². The molecular formula is C16H20ClNO4. The molecule has 2 rings (SSSR count). The Morgan fingerprint density at radius 2 is 1.91 bits per heavy atom. The SMILES string of the molecule is COc1ccc(CNCC(O)c2cccc(O)c2)cc1O.Cl. The average Bonchev–Trinajstić information content (AvgIpc) is 2.47. The maximum absolute atomic E-state index is 10.0. The van der Waals surface area contributed by atoms with E-state index in [4.69, 9.17) is 4.74 Å². The molecule has 0 saturated heterocycles. The molecule has 2 aromatic rings. The molecule has 4 N–H and O–H groups in total. The van der Waals surface area contributed by atoms with Crippen molar-refractivity contribution in [3.63, 3.8) is 0 Å². The third-order valence-electron chi connectivity index (χ3n) is 3.17. The van der Waals surface area contributed by atoms with Crippen LogP contribution in [0.5, 0.6) is 17.2 Å². The first-order chi connectivity index (χ1) is 10.1. The number of aromatic hydroxyl groups is 2. The van der Waals surface area contributed by atoms with E-state index in [0.717, 1.165) is 5.56 Å². The molecule has 0 saturated carbocycles. The van der Waals surface area contributed by atoms with Gasteiger partial charge in [-0.1, -0.05) is 18.2 Å². The Labute approximate surface area is 135 Å². The lowest BCUT2D eigenvalue weighted by Crippen LogP contribution is -2.21. The fraction of sp³-hybridized carbons (Fsp3) is 0.250. The zero-order valence-electron chi connectivity index (χ0n) is 12.2. The summed E-state index contributed by atoms with van der Waals surface area (Å²) in [4.78, 5) is 0. The molecule has 120 valence electrons. The van der Waals surface area contributed by atoms with E-state index in [1.807, 2.05) is 6.07 Å². The largest absolute Gasteiger partial charge is 0.508 e. The third kappa shape index (κ3) is 4.80. The first-order valence-corrected chi connectivity index (χ1v) is 6.63. The zero-order valence-corrected chi connectivity index (χ0v) is 13.0. The van der Waals surface area contributed by atoms with Crippen LogP contribution >= 0.6 is 12.4 Å². The summed E-state index contributed by atoms with van der Waals surface area (Å²) in [5.41, 5.74) is 1.54. The highest BCUT2D eigenvalue weighted by molar-refractivity contribution is 5.85. The summed E-state index contributed by atoms with van der Waals surface area (Å²) < 4.78 is 4.98. The first kappa shape index (κ1) is 18.1. The summed E-state index contributed by atoms with van der Waals surface area (Å²) in [5.74, 6) is 0.649. The van der Waals surface area contributed by atoms with Gasteiger partial charge in [0, 0.05) is 13.1 Å². The summed E-state index contributed by atoms with van der Waals surface area (Å²) in [6.45, 7) is 0.851. The Morgan fingerprint density at radius 1 is 1.14 bits per heavy atom. The number of rotatable bonds is 6. The maximum Gasteiger partial charge on any atom is 0.160 e. The van der Waals surface area contributed by atoms with Gasteiger partial charge in [-0.05, 0) is 35.4 Å². The predicted octanol–water partition coefficient (Wildman–Crippen LogP) is 2.35. The van der Waals surface area contributed by atoms with Crippen molar-refractivity contribution in [2.24, 2.45) is 0 Å². The quantitative estimate of drug-likeness (QED) is 0.655. The standard InChI is InChI=1S/C16H19NO4.ClH/c1-21-16-6-5-11(7-14(16)19)9-17-10-15(20)12-3-2-4-13(18)8-12;/h2-8,15,17-20H,9-10H2,1H3;1H. The van der Waals surface area contributed by atoms with Gasteiger partial charge < -0.3 is 25.4 Å². The van der Waals surface area contributed by atoms with Crippen LogP contribution in [0, 0.1) is 0 Å². The molecule has 1 atom stereocenters. The molecule has 0 amide bonds. The van der Waals surface area contributed by atoms with Crippen molar-refractivity contribution in [2.75, 3.05) is 13.7 Å². The molecule has 1 unspecified atom stereocenters. The Bertz CT molecular complexity index is 606. The second kappa shape index (κ2) is 8.48. The summed E-state index contributed by atoms with van der Waals surface area (Å²) >= 11 is 0. The molecule has 0 aliphatic rings. The number of benzene rings is 2. The lowest BCUT2D eigenvalue weighted by atomic mass is 10.1. The molecule has 0 spiro atoms. The fourth-order valence-electron chi connectivity index (χ4n) is 2.05. The number of phenols is 2. The average molecular weight is 326 g/mol. The minimum absolute atomic E-state index is 0. The minimum atomic E-state index is -0.705. The summed E-state index contributed by atoms with van der Waals surface area (Å²) in [5, 5.41) is 32.2. The van der Waals surface area contributed by atoms with Crippen LogP contribution in [0.2, 0.25) is 0 Å². The van der Waals surface area contributed by atoms with Gasteiger partial charge in [-0.25, -0.2) is 0 Å². The van der Waals surface area contributed by atoms with Gasteiger partial charge >= 0.3 is 0 Å². The monoisotopic (exact) mass is 325 g/mol. The van der Waals surface area contributed by atoms with Crippen LogP contribution in [0.15, 0.2) is 42.5 Å². The molecule has 0 aliphatic carbocycles. The van der Waals surface area contributed by atoms with Crippen molar-refractivity contribution in [1.82, 2.24) is 5.32 Å². The van der Waals surface area contributed by atoms with E-state index in [1.165, 1.54) is 13.2 Å². The molecule has 0 aromatic heterocycles. The van der Waals surface area contributed by atoms with Crippen LogP contribution in [0.4, 0.5) is 0 Å². The number of methoxy groups -OCH3 is 1. The topological polar surface area (TPSA) is 82.0 Å². The van der Waals surface area contributed by atoms with Crippen LogP contribution in [-0.2, 0) is 6.54 Å². The number of nitrogens with one attached hydrogen (secondary N) is 1. The zero-order chi connectivity index (χ0) is 15.2. The van der Waals surface area contributed by atoms with Crippen molar-refractivity contribution in [3.8, 4) is 17.2 Å². The molecule has 2 aromatic carbocycles. The number of aliphatic hydroxyl groups excluding tert-OH is 1. The Hall–Kier alpha value is -1.95. The van der Waals surface area contributed by atoms with Gasteiger partial charge in [0.1, 0.15) is 5.75 Å². The van der Waals surface area contributed by atoms with E-state index >= 15 is 0 Å². The number of aliphatic hydroxyl groups is 1. The molecule has 0 heterocycles. The molecule has 0 fully saturated rings. The Balaban J connectivity index is 0.00000242. The molecule has 22 heavy (non-hydrogen) atoms. The summed E-state index contributed by atoms with van der Waals surface area (Å²) in [6.07, 6.45) is -0.705. The Kier molecular flexibility index (Phi) is 6.98. The predicted molar refractivity (Wildman–Crippen MR) is 86.7 cm³/mol. The van der Waals surface area contributed by atoms with Crippen LogP contribution < -0.4 is 10.1 Å². The maximum atomic E-state index is 10.0. The fourth-order valence-corrected chi connectivity index (χ4v) is 2.05. The van der Waals surface area contributed by atoms with E-state index in [1.54, 1.807) is 30.3 Å². The van der Waals surface area contributed by atoms with Crippen molar-refractivity contribution in [2.45, 2.75) is 12.6 Å².